The van der Waals surface area contributed by atoms with Crippen molar-refractivity contribution in [1.29, 1.82) is 0 Å². The summed E-state index contributed by atoms with van der Waals surface area (Å²) in [6.45, 7) is 116. The molecule has 0 saturated heterocycles. The summed E-state index contributed by atoms with van der Waals surface area (Å²) in [4.78, 5) is 19.3. The van der Waals surface area contributed by atoms with Crippen molar-refractivity contribution in [3.05, 3.63) is 291 Å². The summed E-state index contributed by atoms with van der Waals surface area (Å²) < 4.78 is 14.0. The van der Waals surface area contributed by atoms with Gasteiger partial charge in [0.05, 0.1) is 33.5 Å². The number of thiophene rings is 1. The second kappa shape index (κ2) is 38.4. The van der Waals surface area contributed by atoms with Gasteiger partial charge in [-0.25, -0.2) is 0 Å². The van der Waals surface area contributed by atoms with Crippen molar-refractivity contribution in [1.82, 2.24) is 24.5 Å². The molecule has 0 unspecified atom stereocenters. The van der Waals surface area contributed by atoms with E-state index in [2.05, 4.69) is 369 Å². The summed E-state index contributed by atoms with van der Waals surface area (Å²) in [7, 11) is 0.587. The minimum atomic E-state index is -1.64. The molecule has 6 nitrogen and oxygen atoms in total. The summed E-state index contributed by atoms with van der Waals surface area (Å²) in [6, 6.07) is 4.38. The quantitative estimate of drug-likeness (QED) is 0.121. The van der Waals surface area contributed by atoms with E-state index in [1.54, 1.807) is 51.9 Å². The predicted octanol–water partition coefficient (Wildman–Crippen LogP) is 34.6. The van der Waals surface area contributed by atoms with Gasteiger partial charge in [-0.05, 0) is 513 Å². The molecule has 9 aromatic carbocycles. The zero-order valence-electron chi connectivity index (χ0n) is 94.1. The Morgan fingerprint density at radius 1 is 0.228 bits per heavy atom. The van der Waals surface area contributed by atoms with Crippen LogP contribution in [-0.2, 0) is 7.05 Å². The number of aromatic nitrogens is 5. The van der Waals surface area contributed by atoms with Crippen LogP contribution in [-0.4, -0.2) is 47.1 Å². The standard InChI is InChI=1S/C22H30Si.C21H27N.C20H24S.C20H24Se.C18H20N2.C18H24N2.C8H12O/c1-11-13(3)17(7)21-19(15(11)5)20-16(6)12(2)14(4)18(8)22(20)23(21,9)10;1-10-12(3)16(7)20-18(14(10)5)19-15(6)11(2)13(4)17(8)21(19)22(20)9;2*1-9-11(3)15(7)19-17(13(9)5)18-14(6)10(2)12(4)16(8)20(18)21-19;1-9-11(3)15-7-8-16-12(4)10(2)14(6)20-18(16)17(15)19-13(9)5;1-9-11(3)15(7)19-17(13(9)5)18-14(6)10(2)12(4)16(8)20-18;1-5-6(2)8(4)9-7(5)3/h1-10H3;1-9H3;2*1-8H3;7-8H,1-6H3;1-8H3;1-4H3. The van der Waals surface area contributed by atoms with Gasteiger partial charge in [0.15, 0.2) is 0 Å². The molecule has 18 rings (SSSR count). The van der Waals surface area contributed by atoms with Crippen LogP contribution in [0.1, 0.15) is 279 Å². The first kappa shape index (κ1) is 105. The molecule has 0 radical (unpaired) electrons. The van der Waals surface area contributed by atoms with Gasteiger partial charge in [0.2, 0.25) is 0 Å². The van der Waals surface area contributed by atoms with E-state index in [4.69, 9.17) is 24.4 Å². The zero-order valence-corrected chi connectivity index (χ0v) is 97.6. The maximum Gasteiger partial charge on any atom is 0.114 e. The van der Waals surface area contributed by atoms with Crippen molar-refractivity contribution >= 4 is 127 Å². The molecule has 9 heteroatoms. The Morgan fingerprint density at radius 3 is 0.757 bits per heavy atom. The van der Waals surface area contributed by atoms with E-state index in [-0.39, 0.29) is 0 Å². The molecular weight excluding hydrogens is 1750 g/mol. The van der Waals surface area contributed by atoms with Crippen molar-refractivity contribution < 1.29 is 4.42 Å². The maximum atomic E-state index is 5.34. The minimum Gasteiger partial charge on any atom is -0.466 e. The smallest absolute Gasteiger partial charge is 0.114 e. The molecule has 8 aromatic heterocycles. The molecule has 0 N–H and O–H groups in total. The summed E-state index contributed by atoms with van der Waals surface area (Å²) in [6.07, 6.45) is 0. The number of benzene rings is 9. The van der Waals surface area contributed by atoms with E-state index in [9.17, 15) is 0 Å². The molecule has 0 saturated carbocycles. The number of nitrogens with zero attached hydrogens (tertiary/aromatic N) is 5. The monoisotopic (exact) mass is 1910 g/mol. The fourth-order valence-electron chi connectivity index (χ4n) is 22.5. The second-order valence-electron chi connectivity index (χ2n) is 42.2. The van der Waals surface area contributed by atoms with Crippen molar-refractivity contribution in [3.8, 4) is 22.5 Å². The number of pyridine rings is 4. The average molecular weight is 1910 g/mol. The fraction of sp³-hybridized carbons (Fsp3) is 0.417. The largest absolute Gasteiger partial charge is 0.466 e. The van der Waals surface area contributed by atoms with Crippen molar-refractivity contribution in [2.75, 3.05) is 0 Å². The Bertz CT molecular complexity index is 7390. The zero-order chi connectivity index (χ0) is 102. The molecule has 0 fully saturated rings. The van der Waals surface area contributed by atoms with E-state index >= 15 is 0 Å². The van der Waals surface area contributed by atoms with E-state index in [1.807, 2.05) is 25.2 Å². The van der Waals surface area contributed by atoms with E-state index in [0.717, 1.165) is 56.7 Å². The third kappa shape index (κ3) is 16.8. The number of furan rings is 1. The van der Waals surface area contributed by atoms with E-state index in [1.165, 1.54) is 286 Å². The molecule has 9 heterocycles. The molecule has 0 aliphatic carbocycles. The maximum absolute atomic E-state index is 5.34. The topological polar surface area (TPSA) is 69.6 Å². The normalized spacial score (nSPS) is 12.1. The molecular formula is C127H161N5OSSeSi. The van der Waals surface area contributed by atoms with Gasteiger partial charge in [-0.15, -0.1) is 11.3 Å². The third-order valence-electron chi connectivity index (χ3n) is 36.0. The Kier molecular flexibility index (Phi) is 29.6. The van der Waals surface area contributed by atoms with Gasteiger partial charge in [0.25, 0.3) is 0 Å². The van der Waals surface area contributed by atoms with Crippen LogP contribution in [0.2, 0.25) is 13.1 Å². The fourth-order valence-corrected chi connectivity index (χ4v) is 31.6. The molecule has 1 aliphatic rings. The summed E-state index contributed by atoms with van der Waals surface area (Å²) in [5.41, 5.74) is 77.1. The predicted molar refractivity (Wildman–Crippen MR) is 607 cm³/mol. The van der Waals surface area contributed by atoms with Gasteiger partial charge in [-0.3, -0.25) is 19.9 Å². The van der Waals surface area contributed by atoms with Crippen LogP contribution in [0, 0.1) is 346 Å². The Labute approximate surface area is 830 Å². The van der Waals surface area contributed by atoms with Gasteiger partial charge in [0.1, 0.15) is 19.6 Å². The van der Waals surface area contributed by atoms with Crippen LogP contribution in [0.15, 0.2) is 16.5 Å². The molecule has 17 aromatic rings. The molecule has 0 spiro atoms. The number of hydrogen-bond acceptors (Lipinski definition) is 6. The van der Waals surface area contributed by atoms with Gasteiger partial charge in [-0.1, -0.05) is 25.2 Å². The van der Waals surface area contributed by atoms with Gasteiger partial charge in [0, 0.05) is 71.5 Å². The number of rotatable bonds is 1. The van der Waals surface area contributed by atoms with Gasteiger partial charge < -0.3 is 8.98 Å². The molecule has 0 bridgehead atoms. The SMILES string of the molecule is Cc1c(C)c(C)c2c([se]c3c(C)c(C)c(C)c(C)c32)c1C.Cc1c(C)c(C)c2c(c1C)-c1c(C)c(C)c(C)c(C)c1[Si]2(C)C.Cc1c(C)c(C)c2c(c1C)c1c(C)c(C)c(C)c(C)c1n2C.Cc1c(C)c(C)c2c(sc3c(C)c(C)c(C)c(C)c32)c1C.Cc1nc(-c2nc(C)c(C)c(C)c2C)c(C)c(C)c1C.Cc1nc2c(ccc3c(C)c(C)c(C)nc32)c(C)c1C.Cc1oc(C)c(C)c1C. The Hall–Kier alpha value is -9.86. The first-order chi connectivity index (χ1) is 63.1. The van der Waals surface area contributed by atoms with Gasteiger partial charge in [-0.2, -0.15) is 0 Å². The van der Waals surface area contributed by atoms with Crippen molar-refractivity contribution in [2.45, 2.75) is 359 Å². The van der Waals surface area contributed by atoms with Gasteiger partial charge >= 0.3 is 134 Å². The summed E-state index contributed by atoms with van der Waals surface area (Å²) in [5.74, 6) is 2.09. The van der Waals surface area contributed by atoms with Crippen molar-refractivity contribution in [2.24, 2.45) is 7.05 Å². The van der Waals surface area contributed by atoms with E-state index < -0.39 is 8.07 Å². The Morgan fingerprint density at radius 2 is 0.463 bits per heavy atom. The van der Waals surface area contributed by atoms with Crippen LogP contribution in [0.5, 0.6) is 0 Å². The van der Waals surface area contributed by atoms with Crippen molar-refractivity contribution in [3.63, 3.8) is 0 Å². The van der Waals surface area contributed by atoms with E-state index in [0.29, 0.717) is 14.5 Å². The first-order valence-corrected chi connectivity index (χ1v) is 55.1. The number of fused-ring (bicyclic) bond motifs is 15. The van der Waals surface area contributed by atoms with Crippen LogP contribution in [0.25, 0.3) is 106 Å². The summed E-state index contributed by atoms with van der Waals surface area (Å²) in [5, 5.41) is 14.9. The third-order valence-corrected chi connectivity index (χ3v) is 44.2. The number of hydrogen-bond donors (Lipinski definition) is 0. The Balaban J connectivity index is 0.000000144. The molecule has 0 atom stereocenters. The second-order valence-corrected chi connectivity index (χ2v) is 49.6. The average Bonchev–Trinajstić information content (AvgIpc) is 1.53. The van der Waals surface area contributed by atoms with Crippen LogP contribution >= 0.6 is 11.3 Å². The molecule has 716 valence electrons. The summed E-state index contributed by atoms with van der Waals surface area (Å²) >= 11 is 2.45. The number of aryl methyl sites for hydroxylation is 21. The molecule has 1 aliphatic heterocycles. The van der Waals surface area contributed by atoms with Crippen LogP contribution < -0.4 is 10.4 Å². The molecule has 0 amide bonds. The minimum absolute atomic E-state index is 0.464. The molecule has 136 heavy (non-hydrogen) atoms. The first-order valence-electron chi connectivity index (χ1n) is 49.6. The van der Waals surface area contributed by atoms with Crippen LogP contribution in [0.3, 0.4) is 0 Å². The van der Waals surface area contributed by atoms with Crippen LogP contribution in [0.4, 0.5) is 0 Å².